The molecule has 26 heavy (non-hydrogen) atoms. The summed E-state index contributed by atoms with van der Waals surface area (Å²) in [4.78, 5) is 8.94. The molecule has 1 N–H and O–H groups in total. The van der Waals surface area contributed by atoms with Crippen molar-refractivity contribution in [2.45, 2.75) is 20.8 Å². The van der Waals surface area contributed by atoms with Gasteiger partial charge in [-0.3, -0.25) is 5.43 Å². The van der Waals surface area contributed by atoms with Crippen LogP contribution >= 0.6 is 0 Å². The van der Waals surface area contributed by atoms with E-state index in [-0.39, 0.29) is 0 Å². The molecular formula is C21H22N4O. The van der Waals surface area contributed by atoms with Crippen molar-refractivity contribution in [3.8, 4) is 17.0 Å². The quantitative estimate of drug-likeness (QED) is 0.541. The van der Waals surface area contributed by atoms with E-state index in [1.807, 2.05) is 44.2 Å². The smallest absolute Gasteiger partial charge is 0.150 e. The standard InChI is InChI=1S/C21H22N4O/c1-14-8-10-17(11-9-14)15(2)24-25-21-13-20(22-16(3)23-21)18-6-5-7-19(12-18)26-4/h5-13H,1-4H3,(H,22,23,25)/b24-15-. The van der Waals surface area contributed by atoms with Crippen molar-refractivity contribution in [2.75, 3.05) is 12.5 Å². The first kappa shape index (κ1) is 17.6. The zero-order valence-electron chi connectivity index (χ0n) is 15.4. The van der Waals surface area contributed by atoms with Gasteiger partial charge < -0.3 is 4.74 Å². The molecule has 0 unspecified atom stereocenters. The van der Waals surface area contributed by atoms with Gasteiger partial charge in [-0.15, -0.1) is 0 Å². The Morgan fingerprint density at radius 3 is 2.50 bits per heavy atom. The maximum atomic E-state index is 5.29. The summed E-state index contributed by atoms with van der Waals surface area (Å²) in [6.07, 6.45) is 0. The average Bonchev–Trinajstić information content (AvgIpc) is 2.66. The summed E-state index contributed by atoms with van der Waals surface area (Å²) in [6, 6.07) is 17.9. The van der Waals surface area contributed by atoms with Crippen molar-refractivity contribution in [3.63, 3.8) is 0 Å². The largest absolute Gasteiger partial charge is 0.497 e. The minimum Gasteiger partial charge on any atom is -0.497 e. The number of ether oxygens (including phenoxy) is 1. The number of aromatic nitrogens is 2. The van der Waals surface area contributed by atoms with Gasteiger partial charge in [-0.1, -0.05) is 42.0 Å². The molecule has 1 heterocycles. The van der Waals surface area contributed by atoms with Crippen LogP contribution in [0.25, 0.3) is 11.3 Å². The lowest BCUT2D eigenvalue weighted by atomic mass is 10.1. The van der Waals surface area contributed by atoms with Gasteiger partial charge >= 0.3 is 0 Å². The Morgan fingerprint density at radius 2 is 1.77 bits per heavy atom. The molecule has 0 radical (unpaired) electrons. The third-order valence-electron chi connectivity index (χ3n) is 4.01. The minimum atomic E-state index is 0.654. The Labute approximate surface area is 153 Å². The molecule has 0 fully saturated rings. The van der Waals surface area contributed by atoms with Crippen LogP contribution in [0.1, 0.15) is 23.9 Å². The Kier molecular flexibility index (Phi) is 5.27. The third-order valence-corrected chi connectivity index (χ3v) is 4.01. The lowest BCUT2D eigenvalue weighted by Gasteiger charge is -2.08. The summed E-state index contributed by atoms with van der Waals surface area (Å²) < 4.78 is 5.29. The first-order chi connectivity index (χ1) is 12.5. The van der Waals surface area contributed by atoms with Crippen molar-refractivity contribution < 1.29 is 4.74 Å². The molecule has 0 aliphatic rings. The predicted octanol–water partition coefficient (Wildman–Crippen LogP) is 4.61. The molecule has 5 heteroatoms. The maximum Gasteiger partial charge on any atom is 0.150 e. The molecular weight excluding hydrogens is 324 g/mol. The van der Waals surface area contributed by atoms with E-state index in [0.29, 0.717) is 11.6 Å². The van der Waals surface area contributed by atoms with E-state index in [9.17, 15) is 0 Å². The van der Waals surface area contributed by atoms with E-state index in [2.05, 4.69) is 51.7 Å². The van der Waals surface area contributed by atoms with Crippen molar-refractivity contribution in [1.29, 1.82) is 0 Å². The van der Waals surface area contributed by atoms with Crippen LogP contribution in [0.5, 0.6) is 5.75 Å². The van der Waals surface area contributed by atoms with Crippen LogP contribution in [0.3, 0.4) is 0 Å². The number of hydrazone groups is 1. The van der Waals surface area contributed by atoms with Crippen LogP contribution < -0.4 is 10.2 Å². The van der Waals surface area contributed by atoms with Crippen molar-refractivity contribution in [1.82, 2.24) is 9.97 Å². The fourth-order valence-electron chi connectivity index (χ4n) is 2.56. The zero-order chi connectivity index (χ0) is 18.5. The molecule has 0 saturated heterocycles. The van der Waals surface area contributed by atoms with E-state index in [1.54, 1.807) is 7.11 Å². The fraction of sp³-hybridized carbons (Fsp3) is 0.190. The van der Waals surface area contributed by atoms with Gasteiger partial charge in [0, 0.05) is 11.6 Å². The van der Waals surface area contributed by atoms with Gasteiger partial charge in [0.25, 0.3) is 0 Å². The minimum absolute atomic E-state index is 0.654. The van der Waals surface area contributed by atoms with Crippen LogP contribution in [0.2, 0.25) is 0 Å². The number of rotatable bonds is 5. The Bertz CT molecular complexity index is 933. The van der Waals surface area contributed by atoms with E-state index in [0.717, 1.165) is 28.3 Å². The summed E-state index contributed by atoms with van der Waals surface area (Å²) in [7, 11) is 1.65. The summed E-state index contributed by atoms with van der Waals surface area (Å²) >= 11 is 0. The number of nitrogens with one attached hydrogen (secondary N) is 1. The molecule has 2 aromatic carbocycles. The van der Waals surface area contributed by atoms with Gasteiger partial charge in [0.2, 0.25) is 0 Å². The molecule has 3 aromatic rings. The molecule has 0 bridgehead atoms. The van der Waals surface area contributed by atoms with Gasteiger partial charge in [0.05, 0.1) is 18.5 Å². The van der Waals surface area contributed by atoms with Crippen LogP contribution in [-0.4, -0.2) is 22.8 Å². The summed E-state index contributed by atoms with van der Waals surface area (Å²) in [5, 5.41) is 4.46. The Morgan fingerprint density at radius 1 is 1.00 bits per heavy atom. The highest BCUT2D eigenvalue weighted by molar-refractivity contribution is 5.99. The maximum absolute atomic E-state index is 5.29. The number of aryl methyl sites for hydroxylation is 2. The highest BCUT2D eigenvalue weighted by Gasteiger charge is 2.06. The molecule has 5 nitrogen and oxygen atoms in total. The highest BCUT2D eigenvalue weighted by Crippen LogP contribution is 2.24. The topological polar surface area (TPSA) is 59.4 Å². The third kappa shape index (κ3) is 4.25. The zero-order valence-corrected chi connectivity index (χ0v) is 15.4. The second-order valence-electron chi connectivity index (χ2n) is 6.09. The van der Waals surface area contributed by atoms with Crippen molar-refractivity contribution >= 4 is 11.5 Å². The number of nitrogens with zero attached hydrogens (tertiary/aromatic N) is 3. The van der Waals surface area contributed by atoms with Gasteiger partial charge in [-0.05, 0) is 38.5 Å². The first-order valence-electron chi connectivity index (χ1n) is 8.42. The number of anilines is 1. The Hall–Kier alpha value is -3.21. The van der Waals surface area contributed by atoms with Gasteiger partial charge in [-0.25, -0.2) is 9.97 Å². The lowest BCUT2D eigenvalue weighted by Crippen LogP contribution is -2.03. The van der Waals surface area contributed by atoms with Crippen molar-refractivity contribution in [2.24, 2.45) is 5.10 Å². The molecule has 3 rings (SSSR count). The van der Waals surface area contributed by atoms with E-state index >= 15 is 0 Å². The fourth-order valence-corrected chi connectivity index (χ4v) is 2.56. The van der Waals surface area contributed by atoms with Crippen LogP contribution in [-0.2, 0) is 0 Å². The number of hydrogen-bond donors (Lipinski definition) is 1. The predicted molar refractivity (Wildman–Crippen MR) is 106 cm³/mol. The van der Waals surface area contributed by atoms with Gasteiger partial charge in [0.1, 0.15) is 17.4 Å². The molecule has 0 aliphatic carbocycles. The summed E-state index contributed by atoms with van der Waals surface area (Å²) in [6.45, 7) is 5.90. The molecule has 0 saturated carbocycles. The Balaban J connectivity index is 1.85. The lowest BCUT2D eigenvalue weighted by molar-refractivity contribution is 0.415. The van der Waals surface area contributed by atoms with E-state index in [4.69, 9.17) is 4.74 Å². The van der Waals surface area contributed by atoms with Gasteiger partial charge in [-0.2, -0.15) is 5.10 Å². The normalized spacial score (nSPS) is 11.3. The molecule has 0 atom stereocenters. The SMILES string of the molecule is COc1cccc(-c2cc(N/N=C(/C)c3ccc(C)cc3)nc(C)n2)c1. The van der Waals surface area contributed by atoms with E-state index < -0.39 is 0 Å². The summed E-state index contributed by atoms with van der Waals surface area (Å²) in [5.74, 6) is 2.12. The second-order valence-corrected chi connectivity index (χ2v) is 6.09. The number of methoxy groups -OCH3 is 1. The average molecular weight is 346 g/mol. The summed E-state index contributed by atoms with van der Waals surface area (Å²) in [5.41, 5.74) is 8.02. The van der Waals surface area contributed by atoms with Crippen LogP contribution in [0.4, 0.5) is 5.82 Å². The molecule has 0 aliphatic heterocycles. The monoisotopic (exact) mass is 346 g/mol. The second kappa shape index (κ2) is 7.78. The highest BCUT2D eigenvalue weighted by atomic mass is 16.5. The van der Waals surface area contributed by atoms with Crippen LogP contribution in [0, 0.1) is 13.8 Å². The molecule has 132 valence electrons. The number of benzene rings is 2. The van der Waals surface area contributed by atoms with Crippen LogP contribution in [0.15, 0.2) is 59.7 Å². The molecule has 0 amide bonds. The molecule has 1 aromatic heterocycles. The van der Waals surface area contributed by atoms with Crippen molar-refractivity contribution in [3.05, 3.63) is 71.5 Å². The molecule has 0 spiro atoms. The van der Waals surface area contributed by atoms with Gasteiger partial charge in [0.15, 0.2) is 0 Å². The van der Waals surface area contributed by atoms with E-state index in [1.165, 1.54) is 5.56 Å². The first-order valence-corrected chi connectivity index (χ1v) is 8.42. The number of hydrogen-bond acceptors (Lipinski definition) is 5.